The van der Waals surface area contributed by atoms with Gasteiger partial charge in [0.2, 0.25) is 0 Å². The van der Waals surface area contributed by atoms with Gasteiger partial charge in [-0.25, -0.2) is 4.79 Å². The molecule has 0 atom stereocenters. The lowest BCUT2D eigenvalue weighted by molar-refractivity contribution is 0.0697. The number of hydrogen-bond donors (Lipinski definition) is 1. The number of carbonyl (C=O) groups is 1. The van der Waals surface area contributed by atoms with Crippen molar-refractivity contribution in [1.29, 1.82) is 0 Å². The lowest BCUT2D eigenvalue weighted by Crippen LogP contribution is -2.46. The molecule has 1 aliphatic heterocycles. The van der Waals surface area contributed by atoms with Gasteiger partial charge in [0.15, 0.2) is 0 Å². The molecule has 1 N–H and O–H groups in total. The Kier molecular flexibility index (Phi) is 16.4. The fraction of sp³-hybridized carbons (Fsp3) is 0.741. The maximum atomic E-state index is 11.0. The largest absolute Gasteiger partial charge is 0.478 e. The van der Waals surface area contributed by atoms with Gasteiger partial charge in [-0.15, -0.1) is 12.4 Å². The van der Waals surface area contributed by atoms with Crippen molar-refractivity contribution in [3.8, 4) is 0 Å². The van der Waals surface area contributed by atoms with Crippen LogP contribution in [-0.2, 0) is 0 Å². The second-order valence-electron chi connectivity index (χ2n) is 9.28. The van der Waals surface area contributed by atoms with E-state index in [1.54, 1.807) is 12.1 Å². The second kappa shape index (κ2) is 18.2. The summed E-state index contributed by atoms with van der Waals surface area (Å²) in [5.41, 5.74) is 1.50. The molecule has 2 rings (SSSR count). The number of carboxylic acid groups (broad SMARTS) is 1. The van der Waals surface area contributed by atoms with E-state index in [9.17, 15) is 4.79 Å². The third-order valence-corrected chi connectivity index (χ3v) is 6.68. The van der Waals surface area contributed by atoms with E-state index in [1.165, 1.54) is 96.4 Å². The van der Waals surface area contributed by atoms with E-state index in [-0.39, 0.29) is 12.4 Å². The highest BCUT2D eigenvalue weighted by Gasteiger charge is 2.17. The summed E-state index contributed by atoms with van der Waals surface area (Å²) in [5, 5.41) is 9.03. The quantitative estimate of drug-likeness (QED) is 0.243. The number of halogens is 1. The van der Waals surface area contributed by atoms with Gasteiger partial charge in [-0.3, -0.25) is 4.90 Å². The Morgan fingerprint density at radius 2 is 1.16 bits per heavy atom. The van der Waals surface area contributed by atoms with Crippen molar-refractivity contribution in [3.63, 3.8) is 0 Å². The highest BCUT2D eigenvalue weighted by atomic mass is 35.5. The second-order valence-corrected chi connectivity index (χ2v) is 9.28. The van der Waals surface area contributed by atoms with E-state index < -0.39 is 5.97 Å². The highest BCUT2D eigenvalue weighted by Crippen LogP contribution is 2.18. The number of anilines is 1. The first kappa shape index (κ1) is 28.8. The topological polar surface area (TPSA) is 43.8 Å². The van der Waals surface area contributed by atoms with E-state index in [4.69, 9.17) is 5.11 Å². The molecule has 1 aromatic rings. The number of rotatable bonds is 17. The summed E-state index contributed by atoms with van der Waals surface area (Å²) >= 11 is 0. The zero-order valence-electron chi connectivity index (χ0n) is 20.4. The molecule has 0 radical (unpaired) electrons. The summed E-state index contributed by atoms with van der Waals surface area (Å²) in [6.45, 7) is 7.80. The minimum absolute atomic E-state index is 0. The molecule has 0 bridgehead atoms. The van der Waals surface area contributed by atoms with Crippen molar-refractivity contribution < 1.29 is 9.90 Å². The standard InChI is InChI=1S/C27H46N2O2.ClH/c1-2-3-4-5-6-7-8-9-10-11-12-13-14-15-20-28-21-23-29(24-22-28)26-18-16-25(17-19-26)27(30)31;/h16-19H,2-15,20-24H2,1H3,(H,30,31);1H. The van der Waals surface area contributed by atoms with Crippen LogP contribution in [0, 0.1) is 0 Å². The predicted molar refractivity (Wildman–Crippen MR) is 140 cm³/mol. The first-order valence-electron chi connectivity index (χ1n) is 13.0. The van der Waals surface area contributed by atoms with Crippen LogP contribution in [0.15, 0.2) is 24.3 Å². The number of aromatic carboxylic acids is 1. The van der Waals surface area contributed by atoms with Gasteiger partial charge in [0, 0.05) is 31.9 Å². The molecule has 0 amide bonds. The Balaban J connectivity index is 0.00000512. The molecule has 0 spiro atoms. The number of piperazine rings is 1. The molecule has 1 aromatic carbocycles. The molecule has 0 unspecified atom stereocenters. The average Bonchev–Trinajstić information content (AvgIpc) is 2.80. The van der Waals surface area contributed by atoms with Gasteiger partial charge in [0.05, 0.1) is 5.56 Å². The summed E-state index contributed by atoms with van der Waals surface area (Å²) in [6.07, 6.45) is 19.8. The predicted octanol–water partition coefficient (Wildman–Crippen LogP) is 7.41. The minimum Gasteiger partial charge on any atom is -0.478 e. The van der Waals surface area contributed by atoms with Gasteiger partial charge in [-0.2, -0.15) is 0 Å². The summed E-state index contributed by atoms with van der Waals surface area (Å²) in [5.74, 6) is -0.857. The van der Waals surface area contributed by atoms with Gasteiger partial charge in [0.25, 0.3) is 0 Å². The van der Waals surface area contributed by atoms with Crippen molar-refractivity contribution in [2.75, 3.05) is 37.6 Å². The van der Waals surface area contributed by atoms with Crippen LogP contribution in [0.1, 0.15) is 107 Å². The van der Waals surface area contributed by atoms with Crippen molar-refractivity contribution >= 4 is 24.1 Å². The number of unbranched alkanes of at least 4 members (excludes halogenated alkanes) is 13. The molecule has 1 heterocycles. The van der Waals surface area contributed by atoms with Crippen LogP contribution in [0.5, 0.6) is 0 Å². The van der Waals surface area contributed by atoms with Gasteiger partial charge in [-0.1, -0.05) is 90.4 Å². The maximum Gasteiger partial charge on any atom is 0.335 e. The Hall–Kier alpha value is -1.26. The molecule has 184 valence electrons. The van der Waals surface area contributed by atoms with Crippen LogP contribution in [-0.4, -0.2) is 48.7 Å². The molecule has 0 saturated carbocycles. The average molecular weight is 467 g/mol. The number of carboxylic acids is 1. The Bertz CT molecular complexity index is 586. The lowest BCUT2D eigenvalue weighted by Gasteiger charge is -2.36. The first-order chi connectivity index (χ1) is 15.2. The maximum absolute atomic E-state index is 11.0. The summed E-state index contributed by atoms with van der Waals surface area (Å²) in [7, 11) is 0. The number of benzene rings is 1. The SMILES string of the molecule is CCCCCCCCCCCCCCCCN1CCN(c2ccc(C(=O)O)cc2)CC1.Cl. The van der Waals surface area contributed by atoms with Gasteiger partial charge in [-0.05, 0) is 37.2 Å². The summed E-state index contributed by atoms with van der Waals surface area (Å²) in [6, 6.07) is 7.29. The highest BCUT2D eigenvalue weighted by molar-refractivity contribution is 5.88. The van der Waals surface area contributed by atoms with E-state index in [0.29, 0.717) is 5.56 Å². The molecular weight excluding hydrogens is 420 g/mol. The Morgan fingerprint density at radius 1 is 0.719 bits per heavy atom. The summed E-state index contributed by atoms with van der Waals surface area (Å²) < 4.78 is 0. The molecular formula is C27H47ClN2O2. The minimum atomic E-state index is -0.857. The van der Waals surface area contributed by atoms with E-state index in [0.717, 1.165) is 31.9 Å². The molecule has 1 saturated heterocycles. The van der Waals surface area contributed by atoms with Crippen molar-refractivity contribution in [1.82, 2.24) is 4.90 Å². The van der Waals surface area contributed by atoms with Gasteiger partial charge in [0.1, 0.15) is 0 Å². The van der Waals surface area contributed by atoms with Crippen LogP contribution >= 0.6 is 12.4 Å². The number of hydrogen-bond acceptors (Lipinski definition) is 3. The van der Waals surface area contributed by atoms with Crippen LogP contribution in [0.25, 0.3) is 0 Å². The Labute approximate surface area is 203 Å². The third kappa shape index (κ3) is 12.1. The zero-order valence-corrected chi connectivity index (χ0v) is 21.2. The Morgan fingerprint density at radius 3 is 1.59 bits per heavy atom. The monoisotopic (exact) mass is 466 g/mol. The lowest BCUT2D eigenvalue weighted by atomic mass is 10.0. The fourth-order valence-corrected chi connectivity index (χ4v) is 4.57. The van der Waals surface area contributed by atoms with Crippen molar-refractivity contribution in [2.24, 2.45) is 0 Å². The first-order valence-corrected chi connectivity index (χ1v) is 13.0. The molecule has 1 fully saturated rings. The van der Waals surface area contributed by atoms with Gasteiger partial charge < -0.3 is 10.0 Å². The van der Waals surface area contributed by atoms with E-state index >= 15 is 0 Å². The fourth-order valence-electron chi connectivity index (χ4n) is 4.57. The van der Waals surface area contributed by atoms with Crippen LogP contribution in [0.2, 0.25) is 0 Å². The van der Waals surface area contributed by atoms with Gasteiger partial charge >= 0.3 is 5.97 Å². The molecule has 1 aliphatic rings. The molecule has 0 aromatic heterocycles. The molecule has 32 heavy (non-hydrogen) atoms. The van der Waals surface area contributed by atoms with Crippen molar-refractivity contribution in [2.45, 2.75) is 96.8 Å². The normalized spacial score (nSPS) is 14.3. The van der Waals surface area contributed by atoms with Crippen LogP contribution in [0.4, 0.5) is 5.69 Å². The van der Waals surface area contributed by atoms with Crippen molar-refractivity contribution in [3.05, 3.63) is 29.8 Å². The van der Waals surface area contributed by atoms with Crippen LogP contribution < -0.4 is 4.90 Å². The third-order valence-electron chi connectivity index (χ3n) is 6.68. The zero-order chi connectivity index (χ0) is 22.2. The molecule has 5 heteroatoms. The smallest absolute Gasteiger partial charge is 0.335 e. The summed E-state index contributed by atoms with van der Waals surface area (Å²) in [4.78, 5) is 15.9. The molecule has 4 nitrogen and oxygen atoms in total. The van der Waals surface area contributed by atoms with E-state index in [1.807, 2.05) is 12.1 Å². The van der Waals surface area contributed by atoms with E-state index in [2.05, 4.69) is 16.7 Å². The van der Waals surface area contributed by atoms with Crippen LogP contribution in [0.3, 0.4) is 0 Å². The number of nitrogens with zero attached hydrogens (tertiary/aromatic N) is 2. The molecule has 0 aliphatic carbocycles.